The first-order valence-corrected chi connectivity index (χ1v) is 7.50. The average Bonchev–Trinajstić information content (AvgIpc) is 2.33. The Kier molecular flexibility index (Phi) is 6.62. The lowest BCUT2D eigenvalue weighted by molar-refractivity contribution is 0.0719. The van der Waals surface area contributed by atoms with Crippen molar-refractivity contribution in [2.45, 2.75) is 13.8 Å². The zero-order valence-corrected chi connectivity index (χ0v) is 14.1. The highest BCUT2D eigenvalue weighted by atomic mass is 79.9. The topological polar surface area (TPSA) is 23.6 Å². The molecule has 0 N–H and O–H groups in total. The van der Waals surface area contributed by atoms with Gasteiger partial charge in [0.15, 0.2) is 0 Å². The maximum atomic E-state index is 13.9. The summed E-state index contributed by atoms with van der Waals surface area (Å²) in [6.45, 7) is 6.06. The molecule has 112 valence electrons. The molecule has 1 aromatic carbocycles. The molecule has 1 rings (SSSR count). The summed E-state index contributed by atoms with van der Waals surface area (Å²) in [6, 6.07) is 4.59. The molecule has 1 aromatic rings. The molecule has 0 spiro atoms. The molecule has 0 fully saturated rings. The van der Waals surface area contributed by atoms with Crippen molar-refractivity contribution in [2.24, 2.45) is 5.92 Å². The molecule has 0 aliphatic rings. The molecule has 0 radical (unpaired) electrons. The van der Waals surface area contributed by atoms with Crippen molar-refractivity contribution in [3.8, 4) is 0 Å². The zero-order valence-electron chi connectivity index (χ0n) is 12.5. The van der Waals surface area contributed by atoms with Crippen LogP contribution in [0, 0.1) is 11.7 Å². The van der Waals surface area contributed by atoms with Crippen LogP contribution in [0.15, 0.2) is 22.7 Å². The third kappa shape index (κ3) is 4.87. The monoisotopic (exact) mass is 344 g/mol. The van der Waals surface area contributed by atoms with E-state index >= 15 is 0 Å². The maximum absolute atomic E-state index is 13.9. The van der Waals surface area contributed by atoms with Gasteiger partial charge in [0, 0.05) is 24.1 Å². The second-order valence-electron chi connectivity index (χ2n) is 5.54. The van der Waals surface area contributed by atoms with Crippen molar-refractivity contribution in [1.29, 1.82) is 0 Å². The standard InChI is InChI=1S/C15H22BrFN2O/c1-11(2)10-19(9-8-18(3)4)15(20)14-12(16)6-5-7-13(14)17/h5-7,11H,8-10H2,1-4H3. The highest BCUT2D eigenvalue weighted by Gasteiger charge is 2.22. The summed E-state index contributed by atoms with van der Waals surface area (Å²) in [7, 11) is 3.91. The molecule has 0 saturated carbocycles. The number of amides is 1. The molecule has 5 heteroatoms. The van der Waals surface area contributed by atoms with Gasteiger partial charge in [0.25, 0.3) is 5.91 Å². The van der Waals surface area contributed by atoms with Crippen molar-refractivity contribution < 1.29 is 9.18 Å². The van der Waals surface area contributed by atoms with Gasteiger partial charge >= 0.3 is 0 Å². The van der Waals surface area contributed by atoms with Crippen LogP contribution in [0.3, 0.4) is 0 Å². The summed E-state index contributed by atoms with van der Waals surface area (Å²) in [6.07, 6.45) is 0. The molecule has 0 atom stereocenters. The van der Waals surface area contributed by atoms with Crippen LogP contribution in [0.1, 0.15) is 24.2 Å². The molecule has 20 heavy (non-hydrogen) atoms. The van der Waals surface area contributed by atoms with Crippen molar-refractivity contribution in [3.05, 3.63) is 34.1 Å². The van der Waals surface area contributed by atoms with E-state index in [1.54, 1.807) is 17.0 Å². The Bertz CT molecular complexity index is 443. The molecular formula is C15H22BrFN2O. The minimum Gasteiger partial charge on any atom is -0.337 e. The first-order chi connectivity index (χ1) is 9.32. The zero-order chi connectivity index (χ0) is 15.3. The molecule has 0 saturated heterocycles. The van der Waals surface area contributed by atoms with Gasteiger partial charge in [0.1, 0.15) is 5.82 Å². The van der Waals surface area contributed by atoms with Gasteiger partial charge in [0.05, 0.1) is 5.56 Å². The fraction of sp³-hybridized carbons (Fsp3) is 0.533. The van der Waals surface area contributed by atoms with E-state index in [0.29, 0.717) is 23.5 Å². The summed E-state index contributed by atoms with van der Waals surface area (Å²) in [4.78, 5) is 16.3. The molecule has 0 aliphatic heterocycles. The minimum atomic E-state index is -0.483. The van der Waals surface area contributed by atoms with Gasteiger partial charge in [-0.3, -0.25) is 4.79 Å². The number of hydrogen-bond donors (Lipinski definition) is 0. The van der Waals surface area contributed by atoms with E-state index in [0.717, 1.165) is 6.54 Å². The molecule has 3 nitrogen and oxygen atoms in total. The van der Waals surface area contributed by atoms with Gasteiger partial charge in [-0.1, -0.05) is 19.9 Å². The fourth-order valence-electron chi connectivity index (χ4n) is 1.90. The Labute approximate surface area is 128 Å². The number of rotatable bonds is 6. The molecule has 1 amide bonds. The smallest absolute Gasteiger partial charge is 0.258 e. The highest BCUT2D eigenvalue weighted by Crippen LogP contribution is 2.21. The predicted octanol–water partition coefficient (Wildman–Crippen LogP) is 3.25. The number of carbonyl (C=O) groups excluding carboxylic acids is 1. The van der Waals surface area contributed by atoms with E-state index in [9.17, 15) is 9.18 Å². The Morgan fingerprint density at radius 1 is 1.30 bits per heavy atom. The van der Waals surface area contributed by atoms with Crippen LogP contribution in [0.25, 0.3) is 0 Å². The number of hydrogen-bond acceptors (Lipinski definition) is 2. The van der Waals surface area contributed by atoms with Gasteiger partial charge in [-0.2, -0.15) is 0 Å². The summed E-state index contributed by atoms with van der Waals surface area (Å²) < 4.78 is 14.4. The maximum Gasteiger partial charge on any atom is 0.258 e. The summed E-state index contributed by atoms with van der Waals surface area (Å²) in [5.41, 5.74) is 0.118. The third-order valence-electron chi connectivity index (χ3n) is 2.87. The molecule has 0 aliphatic carbocycles. The van der Waals surface area contributed by atoms with E-state index in [-0.39, 0.29) is 11.5 Å². The van der Waals surface area contributed by atoms with Gasteiger partial charge in [0.2, 0.25) is 0 Å². The SMILES string of the molecule is CC(C)CN(CCN(C)C)C(=O)c1c(F)cccc1Br. The number of halogens is 2. The van der Waals surface area contributed by atoms with Gasteiger partial charge < -0.3 is 9.80 Å². The Balaban J connectivity index is 2.97. The van der Waals surface area contributed by atoms with Crippen LogP contribution in [-0.2, 0) is 0 Å². The Morgan fingerprint density at radius 3 is 2.45 bits per heavy atom. The predicted molar refractivity (Wildman–Crippen MR) is 83.4 cm³/mol. The highest BCUT2D eigenvalue weighted by molar-refractivity contribution is 9.10. The van der Waals surface area contributed by atoms with Crippen molar-refractivity contribution in [3.63, 3.8) is 0 Å². The summed E-state index contributed by atoms with van der Waals surface area (Å²) >= 11 is 3.26. The van der Waals surface area contributed by atoms with E-state index < -0.39 is 5.82 Å². The van der Waals surface area contributed by atoms with Crippen molar-refractivity contribution in [2.75, 3.05) is 33.7 Å². The van der Waals surface area contributed by atoms with Crippen molar-refractivity contribution >= 4 is 21.8 Å². The second-order valence-corrected chi connectivity index (χ2v) is 6.40. The number of carbonyl (C=O) groups is 1. The summed E-state index contributed by atoms with van der Waals surface area (Å²) in [5, 5.41) is 0. The lowest BCUT2D eigenvalue weighted by Crippen LogP contribution is -2.39. The van der Waals surface area contributed by atoms with E-state index in [1.807, 2.05) is 32.8 Å². The average molecular weight is 345 g/mol. The van der Waals surface area contributed by atoms with Gasteiger partial charge in [-0.15, -0.1) is 0 Å². The van der Waals surface area contributed by atoms with Crippen LogP contribution in [-0.4, -0.2) is 49.4 Å². The normalized spacial score (nSPS) is 11.2. The first kappa shape index (κ1) is 17.1. The third-order valence-corrected chi connectivity index (χ3v) is 3.53. The number of nitrogens with zero attached hydrogens (tertiary/aromatic N) is 2. The van der Waals surface area contributed by atoms with Gasteiger partial charge in [-0.05, 0) is 48.1 Å². The molecule has 0 aromatic heterocycles. The molecule has 0 heterocycles. The largest absolute Gasteiger partial charge is 0.337 e. The van der Waals surface area contributed by atoms with Gasteiger partial charge in [-0.25, -0.2) is 4.39 Å². The van der Waals surface area contributed by atoms with E-state index in [1.165, 1.54) is 6.07 Å². The van der Waals surface area contributed by atoms with Crippen LogP contribution in [0.5, 0.6) is 0 Å². The van der Waals surface area contributed by atoms with Crippen LogP contribution < -0.4 is 0 Å². The molecule has 0 bridgehead atoms. The quantitative estimate of drug-likeness (QED) is 0.790. The minimum absolute atomic E-state index is 0.118. The van der Waals surface area contributed by atoms with Crippen LogP contribution in [0.4, 0.5) is 4.39 Å². The van der Waals surface area contributed by atoms with Crippen LogP contribution in [0.2, 0.25) is 0 Å². The van der Waals surface area contributed by atoms with E-state index in [4.69, 9.17) is 0 Å². The molecular weight excluding hydrogens is 323 g/mol. The van der Waals surface area contributed by atoms with Crippen molar-refractivity contribution in [1.82, 2.24) is 9.80 Å². The Hall–Kier alpha value is -0.940. The fourth-order valence-corrected chi connectivity index (χ4v) is 2.41. The number of likely N-dealkylation sites (N-methyl/N-ethyl adjacent to an activating group) is 1. The summed E-state index contributed by atoms with van der Waals surface area (Å²) in [5.74, 6) is -0.403. The number of benzene rings is 1. The molecule has 0 unspecified atom stereocenters. The first-order valence-electron chi connectivity index (χ1n) is 6.71. The second kappa shape index (κ2) is 7.74. The van der Waals surface area contributed by atoms with Crippen LogP contribution >= 0.6 is 15.9 Å². The lowest BCUT2D eigenvalue weighted by atomic mass is 10.1. The van der Waals surface area contributed by atoms with E-state index in [2.05, 4.69) is 15.9 Å². The Morgan fingerprint density at radius 2 is 1.95 bits per heavy atom. The lowest BCUT2D eigenvalue weighted by Gasteiger charge is -2.26.